The maximum atomic E-state index is 11.0. The van der Waals surface area contributed by atoms with E-state index in [0.29, 0.717) is 16.2 Å². The molecule has 3 nitrogen and oxygen atoms in total. The number of benzene rings is 1. The van der Waals surface area contributed by atoms with Gasteiger partial charge in [-0.25, -0.2) is 0 Å². The van der Waals surface area contributed by atoms with Crippen LogP contribution >= 0.6 is 11.3 Å². The van der Waals surface area contributed by atoms with Gasteiger partial charge in [-0.2, -0.15) is 5.26 Å². The Morgan fingerprint density at radius 3 is 2.76 bits per heavy atom. The second kappa shape index (κ2) is 4.81. The van der Waals surface area contributed by atoms with Crippen molar-refractivity contribution in [3.05, 3.63) is 40.8 Å². The first kappa shape index (κ1) is 11.4. The van der Waals surface area contributed by atoms with Gasteiger partial charge in [0.2, 0.25) is 0 Å². The fraction of sp³-hybridized carbons (Fsp3) is 0.0769. The Kier molecular flexibility index (Phi) is 3.22. The van der Waals surface area contributed by atoms with E-state index in [9.17, 15) is 4.79 Å². The molecule has 1 aromatic heterocycles. The van der Waals surface area contributed by atoms with Crippen LogP contribution in [-0.4, -0.2) is 13.4 Å². The van der Waals surface area contributed by atoms with Crippen LogP contribution in [-0.2, 0) is 0 Å². The summed E-state index contributed by atoms with van der Waals surface area (Å²) < 4.78 is 5.07. The number of carbonyl (C=O) groups is 1. The molecule has 0 atom stereocenters. The van der Waals surface area contributed by atoms with Gasteiger partial charge in [0, 0.05) is 16.0 Å². The van der Waals surface area contributed by atoms with E-state index in [1.54, 1.807) is 25.3 Å². The van der Waals surface area contributed by atoms with Crippen LogP contribution in [0.15, 0.2) is 30.3 Å². The van der Waals surface area contributed by atoms with Crippen molar-refractivity contribution < 1.29 is 9.53 Å². The highest BCUT2D eigenvalue weighted by atomic mass is 32.1. The average molecular weight is 243 g/mol. The van der Waals surface area contributed by atoms with Gasteiger partial charge in [-0.1, -0.05) is 0 Å². The fourth-order valence-electron chi connectivity index (χ4n) is 1.53. The van der Waals surface area contributed by atoms with Crippen molar-refractivity contribution >= 4 is 17.6 Å². The first-order valence-corrected chi connectivity index (χ1v) is 5.73. The normalized spacial score (nSPS) is 9.65. The van der Waals surface area contributed by atoms with E-state index in [4.69, 9.17) is 10.00 Å². The third-order valence-corrected chi connectivity index (χ3v) is 3.39. The number of carbonyl (C=O) groups excluding carboxylic acids is 1. The number of hydrogen-bond acceptors (Lipinski definition) is 4. The van der Waals surface area contributed by atoms with E-state index in [1.165, 1.54) is 11.3 Å². The Hall–Kier alpha value is -2.12. The van der Waals surface area contributed by atoms with Crippen molar-refractivity contribution in [2.24, 2.45) is 0 Å². The van der Waals surface area contributed by atoms with Gasteiger partial charge in [-0.3, -0.25) is 4.79 Å². The predicted octanol–water partition coefficient (Wildman–Crippen LogP) is 3.11. The molecule has 0 unspecified atom stereocenters. The van der Waals surface area contributed by atoms with Gasteiger partial charge in [0.05, 0.1) is 7.11 Å². The largest absolute Gasteiger partial charge is 0.497 e. The molecular weight excluding hydrogens is 234 g/mol. The number of nitriles is 1. The molecule has 0 N–H and O–H groups in total. The van der Waals surface area contributed by atoms with Crippen molar-refractivity contribution in [3.63, 3.8) is 0 Å². The first-order chi connectivity index (χ1) is 8.28. The van der Waals surface area contributed by atoms with Crippen molar-refractivity contribution in [2.75, 3.05) is 7.11 Å². The van der Waals surface area contributed by atoms with Crippen LogP contribution in [0.25, 0.3) is 10.4 Å². The molecule has 17 heavy (non-hydrogen) atoms. The van der Waals surface area contributed by atoms with E-state index in [-0.39, 0.29) is 0 Å². The van der Waals surface area contributed by atoms with Gasteiger partial charge in [0.15, 0.2) is 6.29 Å². The summed E-state index contributed by atoms with van der Waals surface area (Å²) in [5.74, 6) is 0.646. The Morgan fingerprint density at radius 2 is 2.18 bits per heavy atom. The molecule has 0 aliphatic heterocycles. The third-order valence-electron chi connectivity index (χ3n) is 2.37. The summed E-state index contributed by atoms with van der Waals surface area (Å²) in [6.45, 7) is 0. The second-order valence-corrected chi connectivity index (χ2v) is 4.43. The Morgan fingerprint density at radius 1 is 1.35 bits per heavy atom. The Bertz CT molecular complexity index is 596. The molecule has 1 heterocycles. The molecular formula is C13H9NO2S. The standard InChI is InChI=1S/C13H9NO2S/c1-16-10-2-4-12(9(6-10)8-15)13-5-3-11(7-14)17-13/h2-6,8H,1H3. The van der Waals surface area contributed by atoms with Crippen LogP contribution in [0.2, 0.25) is 0 Å². The number of ether oxygens (including phenoxy) is 1. The molecule has 0 radical (unpaired) electrons. The van der Waals surface area contributed by atoms with Crippen molar-refractivity contribution in [3.8, 4) is 22.3 Å². The minimum atomic E-state index is 0.565. The molecule has 1 aromatic carbocycles. The van der Waals surface area contributed by atoms with E-state index in [0.717, 1.165) is 16.7 Å². The zero-order valence-corrected chi connectivity index (χ0v) is 9.95. The van der Waals surface area contributed by atoms with Gasteiger partial charge in [-0.05, 0) is 30.3 Å². The lowest BCUT2D eigenvalue weighted by Crippen LogP contribution is -1.89. The topological polar surface area (TPSA) is 50.1 Å². The Labute approximate surface area is 103 Å². The highest BCUT2D eigenvalue weighted by molar-refractivity contribution is 7.16. The molecule has 2 rings (SSSR count). The van der Waals surface area contributed by atoms with Gasteiger partial charge in [0.1, 0.15) is 16.7 Å². The van der Waals surface area contributed by atoms with Gasteiger partial charge < -0.3 is 4.74 Å². The summed E-state index contributed by atoms with van der Waals surface area (Å²) in [6.07, 6.45) is 0.795. The highest BCUT2D eigenvalue weighted by Crippen LogP contribution is 2.31. The summed E-state index contributed by atoms with van der Waals surface area (Å²) in [5.41, 5.74) is 1.39. The molecule has 0 fully saturated rings. The van der Waals surface area contributed by atoms with Crippen LogP contribution in [0.1, 0.15) is 15.2 Å². The van der Waals surface area contributed by atoms with Gasteiger partial charge in [0.25, 0.3) is 0 Å². The van der Waals surface area contributed by atoms with Crippen molar-refractivity contribution in [2.45, 2.75) is 0 Å². The van der Waals surface area contributed by atoms with E-state index >= 15 is 0 Å². The minimum Gasteiger partial charge on any atom is -0.497 e. The molecule has 0 saturated heterocycles. The number of rotatable bonds is 3. The fourth-order valence-corrected chi connectivity index (χ4v) is 2.38. The number of methoxy groups -OCH3 is 1. The molecule has 0 aliphatic carbocycles. The number of hydrogen-bond donors (Lipinski definition) is 0. The van der Waals surface area contributed by atoms with Crippen molar-refractivity contribution in [1.29, 1.82) is 5.26 Å². The lowest BCUT2D eigenvalue weighted by Gasteiger charge is -2.05. The predicted molar refractivity (Wildman–Crippen MR) is 66.4 cm³/mol. The quantitative estimate of drug-likeness (QED) is 0.778. The van der Waals surface area contributed by atoms with Crippen LogP contribution in [0.3, 0.4) is 0 Å². The zero-order valence-electron chi connectivity index (χ0n) is 9.14. The van der Waals surface area contributed by atoms with Gasteiger partial charge in [-0.15, -0.1) is 11.3 Å². The van der Waals surface area contributed by atoms with Gasteiger partial charge >= 0.3 is 0 Å². The Balaban J connectivity index is 2.51. The molecule has 0 bridgehead atoms. The van der Waals surface area contributed by atoms with E-state index in [1.807, 2.05) is 12.1 Å². The number of aldehydes is 1. The lowest BCUT2D eigenvalue weighted by atomic mass is 10.1. The van der Waals surface area contributed by atoms with Crippen LogP contribution < -0.4 is 4.74 Å². The summed E-state index contributed by atoms with van der Waals surface area (Å²) in [4.78, 5) is 12.6. The number of thiophene rings is 1. The maximum absolute atomic E-state index is 11.0. The highest BCUT2D eigenvalue weighted by Gasteiger charge is 2.08. The molecule has 0 saturated carbocycles. The second-order valence-electron chi connectivity index (χ2n) is 3.35. The van der Waals surface area contributed by atoms with E-state index < -0.39 is 0 Å². The molecule has 0 aliphatic rings. The lowest BCUT2D eigenvalue weighted by molar-refractivity contribution is 0.112. The molecule has 84 valence electrons. The molecule has 4 heteroatoms. The molecule has 2 aromatic rings. The minimum absolute atomic E-state index is 0.565. The summed E-state index contributed by atoms with van der Waals surface area (Å²) in [5, 5.41) is 8.78. The number of nitrogens with zero attached hydrogens (tertiary/aromatic N) is 1. The third kappa shape index (κ3) is 2.19. The summed E-state index contributed by atoms with van der Waals surface area (Å²) in [7, 11) is 1.56. The van der Waals surface area contributed by atoms with E-state index in [2.05, 4.69) is 6.07 Å². The van der Waals surface area contributed by atoms with Crippen LogP contribution in [0.5, 0.6) is 5.75 Å². The first-order valence-electron chi connectivity index (χ1n) is 4.92. The monoisotopic (exact) mass is 243 g/mol. The van der Waals surface area contributed by atoms with Crippen LogP contribution in [0.4, 0.5) is 0 Å². The maximum Gasteiger partial charge on any atom is 0.150 e. The van der Waals surface area contributed by atoms with Crippen molar-refractivity contribution in [1.82, 2.24) is 0 Å². The molecule has 0 amide bonds. The average Bonchev–Trinajstić information content (AvgIpc) is 2.86. The summed E-state index contributed by atoms with van der Waals surface area (Å²) >= 11 is 1.37. The summed E-state index contributed by atoms with van der Waals surface area (Å²) in [6, 6.07) is 11.0. The molecule has 0 spiro atoms. The zero-order chi connectivity index (χ0) is 12.3. The van der Waals surface area contributed by atoms with Crippen LogP contribution in [0, 0.1) is 11.3 Å². The SMILES string of the molecule is COc1ccc(-c2ccc(C#N)s2)c(C=O)c1. The smallest absolute Gasteiger partial charge is 0.150 e.